The van der Waals surface area contributed by atoms with Gasteiger partial charge in [0.15, 0.2) is 0 Å². The Morgan fingerprint density at radius 2 is 1.88 bits per heavy atom. The molecule has 16 heavy (non-hydrogen) atoms. The van der Waals surface area contributed by atoms with Crippen molar-refractivity contribution in [3.8, 4) is 0 Å². The van der Waals surface area contributed by atoms with Crippen LogP contribution in [0, 0.1) is 12.8 Å². The Morgan fingerprint density at radius 1 is 1.19 bits per heavy atom. The predicted molar refractivity (Wildman–Crippen MR) is 67.3 cm³/mol. The van der Waals surface area contributed by atoms with Crippen LogP contribution in [0.15, 0.2) is 6.07 Å². The van der Waals surface area contributed by atoms with Gasteiger partial charge in [-0.15, -0.1) is 0 Å². The van der Waals surface area contributed by atoms with Crippen LogP contribution in [0.25, 0.3) is 0 Å². The molecule has 0 saturated carbocycles. The monoisotopic (exact) mass is 221 g/mol. The largest absolute Gasteiger partial charge is 0.308 e. The normalized spacial score (nSPS) is 11.4. The SMILES string of the molecule is Cc1cc(CC(C)C)nc(CNC(C)C)n1. The molecule has 0 radical (unpaired) electrons. The summed E-state index contributed by atoms with van der Waals surface area (Å²) in [6, 6.07) is 2.55. The van der Waals surface area contributed by atoms with E-state index in [2.05, 4.69) is 49.0 Å². The molecule has 1 aromatic rings. The summed E-state index contributed by atoms with van der Waals surface area (Å²) in [5, 5.41) is 3.34. The standard InChI is InChI=1S/C13H23N3/c1-9(2)6-12-7-11(5)15-13(16-12)8-14-10(3)4/h7,9-10,14H,6,8H2,1-5H3. The van der Waals surface area contributed by atoms with Gasteiger partial charge in [0.1, 0.15) is 5.82 Å². The maximum Gasteiger partial charge on any atom is 0.142 e. The van der Waals surface area contributed by atoms with Crippen LogP contribution in [0.5, 0.6) is 0 Å². The van der Waals surface area contributed by atoms with Gasteiger partial charge in [-0.1, -0.05) is 27.7 Å². The van der Waals surface area contributed by atoms with E-state index < -0.39 is 0 Å². The fraction of sp³-hybridized carbons (Fsp3) is 0.692. The molecule has 1 rings (SSSR count). The van der Waals surface area contributed by atoms with E-state index in [0.717, 1.165) is 30.2 Å². The second kappa shape index (κ2) is 5.94. The van der Waals surface area contributed by atoms with Crippen LogP contribution >= 0.6 is 0 Å². The predicted octanol–water partition coefficient (Wildman–Crippen LogP) is 2.48. The third-order valence-electron chi connectivity index (χ3n) is 2.24. The first-order chi connectivity index (χ1) is 7.47. The van der Waals surface area contributed by atoms with E-state index in [1.54, 1.807) is 0 Å². The average Bonchev–Trinajstić information content (AvgIpc) is 2.12. The van der Waals surface area contributed by atoms with Gasteiger partial charge >= 0.3 is 0 Å². The molecule has 0 unspecified atom stereocenters. The third-order valence-corrected chi connectivity index (χ3v) is 2.24. The van der Waals surface area contributed by atoms with E-state index in [9.17, 15) is 0 Å². The van der Waals surface area contributed by atoms with Crippen LogP contribution in [0.2, 0.25) is 0 Å². The van der Waals surface area contributed by atoms with Crippen LogP contribution in [0.3, 0.4) is 0 Å². The first-order valence-corrected chi connectivity index (χ1v) is 6.04. The molecule has 0 bridgehead atoms. The van der Waals surface area contributed by atoms with Crippen molar-refractivity contribution in [2.45, 2.75) is 53.6 Å². The smallest absolute Gasteiger partial charge is 0.142 e. The quantitative estimate of drug-likeness (QED) is 0.830. The molecule has 0 atom stereocenters. The Hall–Kier alpha value is -0.960. The molecule has 90 valence electrons. The summed E-state index contributed by atoms with van der Waals surface area (Å²) in [6.07, 6.45) is 1.03. The van der Waals surface area contributed by atoms with Gasteiger partial charge in [-0.2, -0.15) is 0 Å². The highest BCUT2D eigenvalue weighted by Crippen LogP contribution is 2.07. The van der Waals surface area contributed by atoms with E-state index in [1.807, 2.05) is 6.92 Å². The van der Waals surface area contributed by atoms with Crippen LogP contribution in [0.1, 0.15) is 44.9 Å². The van der Waals surface area contributed by atoms with Gasteiger partial charge in [-0.05, 0) is 25.3 Å². The third kappa shape index (κ3) is 4.71. The summed E-state index contributed by atoms with van der Waals surface area (Å²) in [5.74, 6) is 1.55. The fourth-order valence-corrected chi connectivity index (χ4v) is 1.60. The Kier molecular flexibility index (Phi) is 4.87. The first-order valence-electron chi connectivity index (χ1n) is 6.04. The summed E-state index contributed by atoms with van der Waals surface area (Å²) in [4.78, 5) is 9.01. The van der Waals surface area contributed by atoms with E-state index in [-0.39, 0.29) is 0 Å². The summed E-state index contributed by atoms with van der Waals surface area (Å²) in [6.45, 7) is 11.5. The molecule has 3 heteroatoms. The Labute approximate surface area is 98.7 Å². The summed E-state index contributed by atoms with van der Waals surface area (Å²) < 4.78 is 0. The number of hydrogen-bond donors (Lipinski definition) is 1. The first kappa shape index (κ1) is 13.1. The van der Waals surface area contributed by atoms with Crippen molar-refractivity contribution < 1.29 is 0 Å². The van der Waals surface area contributed by atoms with Crippen molar-refractivity contribution in [2.24, 2.45) is 5.92 Å². The van der Waals surface area contributed by atoms with E-state index in [1.165, 1.54) is 0 Å². The van der Waals surface area contributed by atoms with Gasteiger partial charge in [-0.3, -0.25) is 0 Å². The van der Waals surface area contributed by atoms with E-state index in [0.29, 0.717) is 12.0 Å². The minimum atomic E-state index is 0.470. The molecule has 0 amide bonds. The number of rotatable bonds is 5. The Morgan fingerprint density at radius 3 is 2.44 bits per heavy atom. The van der Waals surface area contributed by atoms with Crippen molar-refractivity contribution in [1.82, 2.24) is 15.3 Å². The minimum Gasteiger partial charge on any atom is -0.308 e. The highest BCUT2D eigenvalue weighted by atomic mass is 15.0. The van der Waals surface area contributed by atoms with Crippen molar-refractivity contribution in [3.05, 3.63) is 23.3 Å². The van der Waals surface area contributed by atoms with Gasteiger partial charge in [0, 0.05) is 17.4 Å². The molecule has 0 aliphatic heterocycles. The highest BCUT2D eigenvalue weighted by Gasteiger charge is 2.04. The molecule has 0 saturated heterocycles. The Bertz CT molecular complexity index is 332. The highest BCUT2D eigenvalue weighted by molar-refractivity contribution is 5.10. The maximum absolute atomic E-state index is 4.57. The summed E-state index contributed by atoms with van der Waals surface area (Å²) >= 11 is 0. The van der Waals surface area contributed by atoms with Gasteiger partial charge in [0.2, 0.25) is 0 Å². The van der Waals surface area contributed by atoms with Crippen molar-refractivity contribution in [3.63, 3.8) is 0 Å². The second-order valence-corrected chi connectivity index (χ2v) is 5.05. The lowest BCUT2D eigenvalue weighted by atomic mass is 10.1. The van der Waals surface area contributed by atoms with Crippen LogP contribution in [-0.4, -0.2) is 16.0 Å². The molecular weight excluding hydrogens is 198 g/mol. The molecule has 1 aromatic heterocycles. The molecule has 3 nitrogen and oxygen atoms in total. The molecule has 0 aliphatic carbocycles. The van der Waals surface area contributed by atoms with Crippen LogP contribution in [-0.2, 0) is 13.0 Å². The fourth-order valence-electron chi connectivity index (χ4n) is 1.60. The minimum absolute atomic E-state index is 0.470. The lowest BCUT2D eigenvalue weighted by Gasteiger charge is -2.10. The number of aromatic nitrogens is 2. The molecule has 0 aromatic carbocycles. The van der Waals surface area contributed by atoms with E-state index >= 15 is 0 Å². The lowest BCUT2D eigenvalue weighted by Crippen LogP contribution is -2.23. The van der Waals surface area contributed by atoms with Crippen molar-refractivity contribution in [1.29, 1.82) is 0 Å². The van der Waals surface area contributed by atoms with Gasteiger partial charge < -0.3 is 5.32 Å². The second-order valence-electron chi connectivity index (χ2n) is 5.05. The van der Waals surface area contributed by atoms with Crippen LogP contribution < -0.4 is 5.32 Å². The maximum atomic E-state index is 4.57. The molecule has 0 aliphatic rings. The van der Waals surface area contributed by atoms with Gasteiger partial charge in [0.05, 0.1) is 6.54 Å². The lowest BCUT2D eigenvalue weighted by molar-refractivity contribution is 0.564. The van der Waals surface area contributed by atoms with Crippen LogP contribution in [0.4, 0.5) is 0 Å². The molecule has 0 fully saturated rings. The number of aryl methyl sites for hydroxylation is 1. The molecule has 1 heterocycles. The summed E-state index contributed by atoms with van der Waals surface area (Å²) in [7, 11) is 0. The number of hydrogen-bond acceptors (Lipinski definition) is 3. The van der Waals surface area contributed by atoms with Gasteiger partial charge in [-0.25, -0.2) is 9.97 Å². The number of nitrogens with zero attached hydrogens (tertiary/aromatic N) is 2. The zero-order valence-electron chi connectivity index (χ0n) is 11.0. The van der Waals surface area contributed by atoms with Crippen molar-refractivity contribution in [2.75, 3.05) is 0 Å². The van der Waals surface area contributed by atoms with Crippen molar-refractivity contribution >= 4 is 0 Å². The zero-order chi connectivity index (χ0) is 12.1. The average molecular weight is 221 g/mol. The van der Waals surface area contributed by atoms with Gasteiger partial charge in [0.25, 0.3) is 0 Å². The molecule has 1 N–H and O–H groups in total. The number of nitrogens with one attached hydrogen (secondary N) is 1. The molecule has 0 spiro atoms. The molecular formula is C13H23N3. The Balaban J connectivity index is 2.73. The van der Waals surface area contributed by atoms with E-state index in [4.69, 9.17) is 0 Å². The summed E-state index contributed by atoms with van der Waals surface area (Å²) in [5.41, 5.74) is 2.22. The zero-order valence-corrected chi connectivity index (χ0v) is 11.0. The topological polar surface area (TPSA) is 37.8 Å².